The first-order valence-corrected chi connectivity index (χ1v) is 9.11. The summed E-state index contributed by atoms with van der Waals surface area (Å²) in [5.41, 5.74) is 2.56. The molecule has 9 heteroatoms. The number of carboxylic acid groups (broad SMARTS) is 1. The Labute approximate surface area is 177 Å². The Hall–Kier alpha value is -4.45. The van der Waals surface area contributed by atoms with Crippen molar-refractivity contribution in [2.45, 2.75) is 0 Å². The number of aliphatic carboxylic acids is 1. The maximum absolute atomic E-state index is 10.8. The molecule has 0 amide bonds. The van der Waals surface area contributed by atoms with E-state index in [0.717, 1.165) is 6.08 Å². The molecule has 4 rings (SSSR count). The SMILES string of the molecule is COc1cc2ncc(C#N)c(Nc3ccc(C=CC(=O)O)c4c3OCO4)c2cc1OC. The predicted octanol–water partition coefficient (Wildman–Crippen LogP) is 3.69. The molecule has 1 aliphatic rings. The summed E-state index contributed by atoms with van der Waals surface area (Å²) in [6.07, 6.45) is 3.92. The number of fused-ring (bicyclic) bond motifs is 2. The average Bonchev–Trinajstić information content (AvgIpc) is 3.28. The van der Waals surface area contributed by atoms with Crippen molar-refractivity contribution < 1.29 is 28.8 Å². The fourth-order valence-corrected chi connectivity index (χ4v) is 3.28. The van der Waals surface area contributed by atoms with Gasteiger partial charge < -0.3 is 29.4 Å². The standard InChI is InChI=1S/C22H17N3O6/c1-28-17-7-14-16(8-18(17)29-2)24-10-13(9-23)20(14)25-15-5-3-12(4-6-19(26)27)21-22(15)31-11-30-21/h3-8,10H,11H2,1-2H3,(H,24,25)(H,26,27). The van der Waals surface area contributed by atoms with E-state index in [1.807, 2.05) is 0 Å². The Kier molecular flexibility index (Phi) is 5.20. The highest BCUT2D eigenvalue weighted by Gasteiger charge is 2.23. The van der Waals surface area contributed by atoms with Crippen LogP contribution in [-0.2, 0) is 4.79 Å². The quantitative estimate of drug-likeness (QED) is 0.576. The van der Waals surface area contributed by atoms with Crippen molar-refractivity contribution in [3.05, 3.63) is 47.7 Å². The molecule has 3 aromatic rings. The van der Waals surface area contributed by atoms with E-state index in [4.69, 9.17) is 24.1 Å². The molecule has 0 aliphatic carbocycles. The summed E-state index contributed by atoms with van der Waals surface area (Å²) >= 11 is 0. The number of carbonyl (C=O) groups is 1. The van der Waals surface area contributed by atoms with Crippen molar-refractivity contribution in [3.8, 4) is 29.1 Å². The highest BCUT2D eigenvalue weighted by molar-refractivity contribution is 5.98. The minimum Gasteiger partial charge on any atom is -0.493 e. The van der Waals surface area contributed by atoms with Crippen LogP contribution in [0.25, 0.3) is 17.0 Å². The number of ether oxygens (including phenoxy) is 4. The molecule has 0 spiro atoms. The van der Waals surface area contributed by atoms with E-state index < -0.39 is 5.97 Å². The highest BCUT2D eigenvalue weighted by Crippen LogP contribution is 2.45. The van der Waals surface area contributed by atoms with Crippen LogP contribution in [0.1, 0.15) is 11.1 Å². The zero-order chi connectivity index (χ0) is 22.0. The largest absolute Gasteiger partial charge is 0.493 e. The summed E-state index contributed by atoms with van der Waals surface area (Å²) in [4.78, 5) is 15.2. The lowest BCUT2D eigenvalue weighted by Gasteiger charge is -2.15. The van der Waals surface area contributed by atoms with Crippen molar-refractivity contribution in [3.63, 3.8) is 0 Å². The van der Waals surface area contributed by atoms with E-state index >= 15 is 0 Å². The number of carboxylic acids is 1. The number of hydrogen-bond acceptors (Lipinski definition) is 8. The van der Waals surface area contributed by atoms with E-state index in [9.17, 15) is 10.1 Å². The molecule has 0 radical (unpaired) electrons. The number of hydrogen-bond donors (Lipinski definition) is 2. The number of nitrogens with zero attached hydrogens (tertiary/aromatic N) is 2. The first-order chi connectivity index (χ1) is 15.0. The van der Waals surface area contributed by atoms with E-state index in [-0.39, 0.29) is 6.79 Å². The minimum absolute atomic E-state index is 0.00480. The number of anilines is 2. The van der Waals surface area contributed by atoms with Crippen LogP contribution in [0.15, 0.2) is 36.5 Å². The summed E-state index contributed by atoms with van der Waals surface area (Å²) in [6, 6.07) is 9.04. The molecular weight excluding hydrogens is 402 g/mol. The third-order valence-electron chi connectivity index (χ3n) is 4.71. The molecule has 0 atom stereocenters. The number of aromatic nitrogens is 1. The Morgan fingerprint density at radius 1 is 1.23 bits per heavy atom. The molecule has 0 unspecified atom stereocenters. The van der Waals surface area contributed by atoms with Gasteiger partial charge in [0, 0.05) is 29.3 Å². The van der Waals surface area contributed by atoms with Crippen LogP contribution in [0, 0.1) is 11.3 Å². The Balaban J connectivity index is 1.84. The van der Waals surface area contributed by atoms with Gasteiger partial charge in [0.2, 0.25) is 6.79 Å². The van der Waals surface area contributed by atoms with Gasteiger partial charge in [0.05, 0.1) is 36.7 Å². The Morgan fingerprint density at radius 3 is 2.68 bits per heavy atom. The number of pyridine rings is 1. The third-order valence-corrected chi connectivity index (χ3v) is 4.71. The number of nitriles is 1. The molecule has 0 saturated carbocycles. The first-order valence-electron chi connectivity index (χ1n) is 9.11. The van der Waals surface area contributed by atoms with E-state index in [1.54, 1.807) is 24.3 Å². The average molecular weight is 419 g/mol. The molecule has 31 heavy (non-hydrogen) atoms. The number of benzene rings is 2. The minimum atomic E-state index is -1.07. The van der Waals surface area contributed by atoms with Crippen molar-refractivity contribution in [2.24, 2.45) is 0 Å². The number of methoxy groups -OCH3 is 2. The maximum Gasteiger partial charge on any atom is 0.328 e. The van der Waals surface area contributed by atoms with Crippen LogP contribution in [0.4, 0.5) is 11.4 Å². The van der Waals surface area contributed by atoms with Crippen LogP contribution in [0.5, 0.6) is 23.0 Å². The van der Waals surface area contributed by atoms with Gasteiger partial charge in [0.15, 0.2) is 23.0 Å². The molecule has 1 aromatic heterocycles. The molecule has 0 bridgehead atoms. The molecule has 9 nitrogen and oxygen atoms in total. The maximum atomic E-state index is 10.8. The van der Waals surface area contributed by atoms with Crippen LogP contribution >= 0.6 is 0 Å². The highest BCUT2D eigenvalue weighted by atomic mass is 16.7. The lowest BCUT2D eigenvalue weighted by atomic mass is 10.1. The van der Waals surface area contributed by atoms with Gasteiger partial charge >= 0.3 is 5.97 Å². The lowest BCUT2D eigenvalue weighted by Crippen LogP contribution is -2.00. The van der Waals surface area contributed by atoms with Gasteiger partial charge in [0.25, 0.3) is 0 Å². The second-order valence-corrected chi connectivity index (χ2v) is 6.45. The van der Waals surface area contributed by atoms with Crippen LogP contribution in [0.3, 0.4) is 0 Å². The predicted molar refractivity (Wildman–Crippen MR) is 112 cm³/mol. The summed E-state index contributed by atoms with van der Waals surface area (Å²) in [6.45, 7) is -0.00480. The molecule has 2 N–H and O–H groups in total. The van der Waals surface area contributed by atoms with Gasteiger partial charge in [-0.15, -0.1) is 0 Å². The molecular formula is C22H17N3O6. The molecule has 2 aromatic carbocycles. The number of nitrogens with one attached hydrogen (secondary N) is 1. The van der Waals surface area contributed by atoms with Crippen molar-refractivity contribution >= 4 is 34.3 Å². The molecule has 156 valence electrons. The summed E-state index contributed by atoms with van der Waals surface area (Å²) in [5, 5.41) is 22.4. The van der Waals surface area contributed by atoms with Gasteiger partial charge in [-0.3, -0.25) is 4.98 Å². The third kappa shape index (κ3) is 3.62. The van der Waals surface area contributed by atoms with Crippen LogP contribution < -0.4 is 24.3 Å². The zero-order valence-corrected chi connectivity index (χ0v) is 16.6. The Bertz CT molecular complexity index is 1260. The molecule has 2 heterocycles. The smallest absolute Gasteiger partial charge is 0.328 e. The zero-order valence-electron chi connectivity index (χ0n) is 16.6. The molecule has 0 fully saturated rings. The van der Waals surface area contributed by atoms with Crippen molar-refractivity contribution in [1.82, 2.24) is 4.98 Å². The molecule has 1 aliphatic heterocycles. The lowest BCUT2D eigenvalue weighted by molar-refractivity contribution is -0.131. The fourth-order valence-electron chi connectivity index (χ4n) is 3.28. The van der Waals surface area contributed by atoms with Crippen molar-refractivity contribution in [2.75, 3.05) is 26.3 Å². The summed E-state index contributed by atoms with van der Waals surface area (Å²) < 4.78 is 21.9. The van der Waals surface area contributed by atoms with Gasteiger partial charge in [-0.05, 0) is 24.3 Å². The molecule has 0 saturated heterocycles. The van der Waals surface area contributed by atoms with Gasteiger partial charge in [-0.2, -0.15) is 5.26 Å². The van der Waals surface area contributed by atoms with Crippen LogP contribution in [0.2, 0.25) is 0 Å². The first kappa shape index (κ1) is 19.8. The normalized spacial score (nSPS) is 12.0. The van der Waals surface area contributed by atoms with Gasteiger partial charge in [0.1, 0.15) is 6.07 Å². The van der Waals surface area contributed by atoms with E-state index in [1.165, 1.54) is 26.5 Å². The topological polar surface area (TPSA) is 123 Å². The van der Waals surface area contributed by atoms with Gasteiger partial charge in [-0.1, -0.05) is 0 Å². The number of rotatable bonds is 6. The fraction of sp³-hybridized carbons (Fsp3) is 0.136. The van der Waals surface area contributed by atoms with Crippen molar-refractivity contribution in [1.29, 1.82) is 5.26 Å². The second kappa shape index (κ2) is 8.12. The Morgan fingerprint density at radius 2 is 1.97 bits per heavy atom. The second-order valence-electron chi connectivity index (χ2n) is 6.45. The van der Waals surface area contributed by atoms with E-state index in [0.29, 0.717) is 56.4 Å². The summed E-state index contributed by atoms with van der Waals surface area (Å²) in [7, 11) is 3.06. The monoisotopic (exact) mass is 419 g/mol. The van der Waals surface area contributed by atoms with Crippen LogP contribution in [-0.4, -0.2) is 37.1 Å². The summed E-state index contributed by atoms with van der Waals surface area (Å²) in [5.74, 6) is 0.779. The van der Waals surface area contributed by atoms with Gasteiger partial charge in [-0.25, -0.2) is 4.79 Å². The van der Waals surface area contributed by atoms with E-state index in [2.05, 4.69) is 16.4 Å².